The summed E-state index contributed by atoms with van der Waals surface area (Å²) < 4.78 is 57.4. The summed E-state index contributed by atoms with van der Waals surface area (Å²) in [6, 6.07) is 0. The van der Waals surface area contributed by atoms with Crippen molar-refractivity contribution in [1.29, 1.82) is 0 Å². The second-order valence-corrected chi connectivity index (χ2v) is 12.6. The highest BCUT2D eigenvalue weighted by Crippen LogP contribution is 2.07. The van der Waals surface area contributed by atoms with Gasteiger partial charge in [-0.05, 0) is 75.2 Å². The summed E-state index contributed by atoms with van der Waals surface area (Å²) in [5.74, 6) is 0.736. The van der Waals surface area contributed by atoms with Crippen molar-refractivity contribution in [1.82, 2.24) is 0 Å². The second kappa shape index (κ2) is 31.5. The first kappa shape index (κ1) is 47.4. The number of methoxy groups -OCH3 is 1. The van der Waals surface area contributed by atoms with Crippen LogP contribution in [0.2, 0.25) is 0 Å². The zero-order chi connectivity index (χ0) is 35.3. The lowest BCUT2D eigenvalue weighted by molar-refractivity contribution is -0.115. The Hall–Kier alpha value is -0.730. The van der Waals surface area contributed by atoms with Crippen LogP contribution in [0.4, 0.5) is 0 Å². The predicted molar refractivity (Wildman–Crippen MR) is 182 cm³/mol. The number of rotatable bonds is 30. The van der Waals surface area contributed by atoms with Crippen molar-refractivity contribution in [2.45, 2.75) is 138 Å². The fraction of sp³-hybridized carbons (Fsp3) is 0.971. The molecule has 9 atom stereocenters. The quantitative estimate of drug-likeness (QED) is 0.0902. The molecule has 0 aliphatic carbocycles. The van der Waals surface area contributed by atoms with Crippen molar-refractivity contribution in [2.75, 3.05) is 79.8 Å². The summed E-state index contributed by atoms with van der Waals surface area (Å²) in [5, 5.41) is 0. The lowest BCUT2D eigenvalue weighted by Crippen LogP contribution is -2.30. The number of carbonyl (C=O) groups excluding carboxylic acids is 1. The van der Waals surface area contributed by atoms with E-state index in [1.165, 1.54) is 13.8 Å². The van der Waals surface area contributed by atoms with Gasteiger partial charge in [-0.2, -0.15) is 0 Å². The van der Waals surface area contributed by atoms with E-state index in [-0.39, 0.29) is 54.6 Å². The molecule has 11 heteroatoms. The van der Waals surface area contributed by atoms with Gasteiger partial charge in [0.1, 0.15) is 5.78 Å². The van der Waals surface area contributed by atoms with E-state index >= 15 is 0 Å². The van der Waals surface area contributed by atoms with Crippen LogP contribution in [0, 0.1) is 5.92 Å². The Bertz CT molecular complexity index is 664. The van der Waals surface area contributed by atoms with Gasteiger partial charge in [-0.1, -0.05) is 20.3 Å². The normalized spacial score (nSPS) is 17.6. The number of hydrogen-bond acceptors (Lipinski definition) is 11. The number of ketones is 1. The zero-order valence-electron chi connectivity index (χ0n) is 31.7. The first-order chi connectivity index (χ1) is 21.7. The van der Waals surface area contributed by atoms with Gasteiger partial charge in [0.25, 0.3) is 0 Å². The molecule has 9 unspecified atom stereocenters. The van der Waals surface area contributed by atoms with Crippen molar-refractivity contribution >= 4 is 5.78 Å². The summed E-state index contributed by atoms with van der Waals surface area (Å²) in [4.78, 5) is 9.44. The number of Topliss-reactive ketones (excluding diaryl/α,β-unsaturated/α-hetero) is 1. The van der Waals surface area contributed by atoms with E-state index in [0.29, 0.717) is 72.0 Å². The van der Waals surface area contributed by atoms with E-state index in [1.54, 1.807) is 7.11 Å². The Balaban J connectivity index is 0. The van der Waals surface area contributed by atoms with E-state index in [1.807, 2.05) is 55.4 Å². The molecule has 0 aliphatic heterocycles. The Labute approximate surface area is 281 Å². The van der Waals surface area contributed by atoms with E-state index in [4.69, 9.17) is 47.4 Å². The lowest BCUT2D eigenvalue weighted by atomic mass is 10.1. The van der Waals surface area contributed by atoms with Crippen LogP contribution in [0.1, 0.15) is 89.5 Å². The van der Waals surface area contributed by atoms with Crippen LogP contribution in [-0.2, 0) is 52.2 Å². The molecule has 0 saturated heterocycles. The van der Waals surface area contributed by atoms with Crippen LogP contribution >= 0.6 is 0 Å². The number of hydrogen-bond donors (Lipinski definition) is 0. The van der Waals surface area contributed by atoms with Gasteiger partial charge < -0.3 is 52.2 Å². The third-order valence-corrected chi connectivity index (χ3v) is 6.45. The van der Waals surface area contributed by atoms with Gasteiger partial charge in [-0.3, -0.25) is 0 Å². The predicted octanol–water partition coefficient (Wildman–Crippen LogP) is 5.53. The van der Waals surface area contributed by atoms with Crippen LogP contribution in [0.25, 0.3) is 0 Å². The van der Waals surface area contributed by atoms with E-state index in [2.05, 4.69) is 13.8 Å². The average molecular weight is 669 g/mol. The molecule has 0 heterocycles. The molecular weight excluding hydrogens is 596 g/mol. The monoisotopic (exact) mass is 669 g/mol. The topological polar surface area (TPSA) is 109 Å². The smallest absolute Gasteiger partial charge is 0.126 e. The molecule has 0 N–H and O–H groups in total. The van der Waals surface area contributed by atoms with Crippen LogP contribution in [0.5, 0.6) is 0 Å². The van der Waals surface area contributed by atoms with Gasteiger partial charge in [0, 0.05) is 13.7 Å². The number of carbonyl (C=O) groups is 1. The lowest BCUT2D eigenvalue weighted by Gasteiger charge is -2.23. The Morgan fingerprint density at radius 1 is 0.435 bits per heavy atom. The van der Waals surface area contributed by atoms with Gasteiger partial charge in [0.15, 0.2) is 0 Å². The fourth-order valence-electron chi connectivity index (χ4n) is 3.32. The van der Waals surface area contributed by atoms with E-state index < -0.39 is 0 Å². The minimum absolute atomic E-state index is 0.00357. The van der Waals surface area contributed by atoms with Gasteiger partial charge >= 0.3 is 0 Å². The molecule has 0 aromatic carbocycles. The van der Waals surface area contributed by atoms with Crippen molar-refractivity contribution in [3.05, 3.63) is 0 Å². The van der Waals surface area contributed by atoms with Gasteiger partial charge in [0.05, 0.1) is 115 Å². The maximum absolute atomic E-state index is 9.44. The van der Waals surface area contributed by atoms with Gasteiger partial charge in [-0.15, -0.1) is 0 Å². The van der Waals surface area contributed by atoms with Crippen LogP contribution in [0.15, 0.2) is 0 Å². The van der Waals surface area contributed by atoms with Crippen LogP contribution < -0.4 is 0 Å². The van der Waals surface area contributed by atoms with Crippen molar-refractivity contribution in [3.63, 3.8) is 0 Å². The third kappa shape index (κ3) is 34.6. The molecular formula is C35H72O11. The first-order valence-electron chi connectivity index (χ1n) is 17.2. The first-order valence-corrected chi connectivity index (χ1v) is 17.2. The minimum Gasteiger partial charge on any atom is -0.382 e. The summed E-state index contributed by atoms with van der Waals surface area (Å²) in [6.45, 7) is 29.4. The molecule has 0 bridgehead atoms. The Kier molecular flexibility index (Phi) is 32.5. The largest absolute Gasteiger partial charge is 0.382 e. The molecule has 278 valence electrons. The van der Waals surface area contributed by atoms with Crippen molar-refractivity contribution < 1.29 is 52.2 Å². The van der Waals surface area contributed by atoms with Crippen LogP contribution in [0.3, 0.4) is 0 Å². The maximum atomic E-state index is 9.44. The molecule has 0 fully saturated rings. The summed E-state index contributed by atoms with van der Waals surface area (Å²) in [6.07, 6.45) is 0.970. The molecule has 0 aliphatic rings. The molecule has 46 heavy (non-hydrogen) atoms. The molecule has 0 amide bonds. The number of ether oxygens (including phenoxy) is 10. The molecule has 0 rings (SSSR count). The molecule has 11 nitrogen and oxygen atoms in total. The zero-order valence-corrected chi connectivity index (χ0v) is 31.7. The van der Waals surface area contributed by atoms with E-state index in [9.17, 15) is 4.79 Å². The molecule has 0 spiro atoms. The van der Waals surface area contributed by atoms with Gasteiger partial charge in [-0.25, -0.2) is 0 Å². The summed E-state index contributed by atoms with van der Waals surface area (Å²) >= 11 is 0. The van der Waals surface area contributed by atoms with Gasteiger partial charge in [0.2, 0.25) is 0 Å². The highest BCUT2D eigenvalue weighted by atomic mass is 16.6. The highest BCUT2D eigenvalue weighted by Gasteiger charge is 2.15. The summed E-state index contributed by atoms with van der Waals surface area (Å²) in [7, 11) is 1.66. The standard InChI is InChI=1S/C32H66O10.C3H6O/c1-12-24(2)15-35-26(4)17-37-28(6)19-39-30(8)21-41-32(10)23-42-31(9)22-40-29(7)20-38-27(5)18-36-25(3)16-34-14-13-33-11;1-3(2)4/h24-32H,12-23H2,1-11H3;1-2H3. The maximum Gasteiger partial charge on any atom is 0.126 e. The average Bonchev–Trinajstić information content (AvgIpc) is 3.01. The molecule has 0 aromatic rings. The van der Waals surface area contributed by atoms with Crippen molar-refractivity contribution in [2.24, 2.45) is 5.92 Å². The van der Waals surface area contributed by atoms with Crippen LogP contribution in [-0.4, -0.2) is 134 Å². The molecule has 0 radical (unpaired) electrons. The molecule has 0 aromatic heterocycles. The Morgan fingerprint density at radius 3 is 0.913 bits per heavy atom. The Morgan fingerprint density at radius 2 is 0.674 bits per heavy atom. The minimum atomic E-state index is -0.0542. The summed E-state index contributed by atoms with van der Waals surface area (Å²) in [5.41, 5.74) is 0. The third-order valence-electron chi connectivity index (χ3n) is 6.45. The highest BCUT2D eigenvalue weighted by molar-refractivity contribution is 5.72. The SMILES string of the molecule is CC(C)=O.CCC(C)COC(C)COC(C)COC(C)COC(C)COC(C)COC(C)COC(C)COC(C)COCCOC. The van der Waals surface area contributed by atoms with Crippen molar-refractivity contribution in [3.8, 4) is 0 Å². The van der Waals surface area contributed by atoms with E-state index in [0.717, 1.165) is 13.0 Å². The fourth-order valence-corrected chi connectivity index (χ4v) is 3.32. The second-order valence-electron chi connectivity index (χ2n) is 12.6. The molecule has 0 saturated carbocycles.